The largest absolute Gasteiger partial charge is 0.376 e. The van der Waals surface area contributed by atoms with Crippen molar-refractivity contribution >= 4 is 23.2 Å². The van der Waals surface area contributed by atoms with E-state index in [1.807, 2.05) is 18.2 Å². The van der Waals surface area contributed by atoms with Gasteiger partial charge in [-0.05, 0) is 37.2 Å². The highest BCUT2D eigenvalue weighted by atomic mass is 32.1. The van der Waals surface area contributed by atoms with E-state index < -0.39 is 0 Å². The molecule has 1 aromatic rings. The van der Waals surface area contributed by atoms with E-state index in [1.165, 1.54) is 0 Å². The van der Waals surface area contributed by atoms with Gasteiger partial charge in [0.05, 0.1) is 6.10 Å². The maximum atomic E-state index is 11.8. The molecule has 4 nitrogen and oxygen atoms in total. The summed E-state index contributed by atoms with van der Waals surface area (Å²) in [5, 5.41) is 5.99. The van der Waals surface area contributed by atoms with Crippen LogP contribution in [0.3, 0.4) is 0 Å². The van der Waals surface area contributed by atoms with E-state index >= 15 is 0 Å². The Bertz CT molecular complexity index is 416. The summed E-state index contributed by atoms with van der Waals surface area (Å²) in [6.45, 7) is 1.46. The SMILES string of the molecule is O=C(NC(=S)NC[C@H]1CCCO1)c1ccccc1. The molecule has 0 spiro atoms. The highest BCUT2D eigenvalue weighted by Crippen LogP contribution is 2.10. The Kier molecular flexibility index (Phi) is 4.66. The van der Waals surface area contributed by atoms with Crippen LogP contribution >= 0.6 is 12.2 Å². The highest BCUT2D eigenvalue weighted by Gasteiger charge is 2.15. The lowest BCUT2D eigenvalue weighted by molar-refractivity contribution is 0.0973. The van der Waals surface area contributed by atoms with Crippen molar-refractivity contribution in [1.29, 1.82) is 0 Å². The van der Waals surface area contributed by atoms with Crippen molar-refractivity contribution in [2.24, 2.45) is 0 Å². The molecule has 0 bridgehead atoms. The summed E-state index contributed by atoms with van der Waals surface area (Å²) in [6, 6.07) is 9.00. The van der Waals surface area contributed by atoms with Crippen molar-refractivity contribution in [3.63, 3.8) is 0 Å². The zero-order valence-corrected chi connectivity index (χ0v) is 10.8. The third kappa shape index (κ3) is 3.78. The molecule has 0 aromatic heterocycles. The molecule has 1 aromatic carbocycles. The Labute approximate surface area is 112 Å². The van der Waals surface area contributed by atoms with Gasteiger partial charge in [-0.2, -0.15) is 0 Å². The summed E-state index contributed by atoms with van der Waals surface area (Å²) in [4.78, 5) is 11.8. The van der Waals surface area contributed by atoms with Gasteiger partial charge in [0.1, 0.15) is 0 Å². The van der Waals surface area contributed by atoms with Crippen LogP contribution in [-0.2, 0) is 4.74 Å². The fourth-order valence-electron chi connectivity index (χ4n) is 1.82. The van der Waals surface area contributed by atoms with Gasteiger partial charge in [-0.1, -0.05) is 18.2 Å². The van der Waals surface area contributed by atoms with E-state index in [0.29, 0.717) is 17.2 Å². The summed E-state index contributed by atoms with van der Waals surface area (Å²) in [6.07, 6.45) is 2.34. The molecule has 18 heavy (non-hydrogen) atoms. The quantitative estimate of drug-likeness (QED) is 0.812. The van der Waals surface area contributed by atoms with Gasteiger partial charge < -0.3 is 10.1 Å². The van der Waals surface area contributed by atoms with E-state index in [0.717, 1.165) is 19.4 Å². The van der Waals surface area contributed by atoms with Crippen molar-refractivity contribution in [2.75, 3.05) is 13.2 Å². The van der Waals surface area contributed by atoms with Crippen LogP contribution in [0.5, 0.6) is 0 Å². The molecule has 0 saturated carbocycles. The minimum absolute atomic E-state index is 0.194. The normalized spacial score (nSPS) is 18.3. The Morgan fingerprint density at radius 2 is 2.17 bits per heavy atom. The summed E-state index contributed by atoms with van der Waals surface area (Å²) in [5.74, 6) is -0.194. The number of hydrogen-bond donors (Lipinski definition) is 2. The fourth-order valence-corrected chi connectivity index (χ4v) is 2.00. The molecule has 5 heteroatoms. The molecular weight excluding hydrogens is 248 g/mol. The first-order valence-corrected chi connectivity index (χ1v) is 6.42. The van der Waals surface area contributed by atoms with Gasteiger partial charge in [-0.25, -0.2) is 0 Å². The fraction of sp³-hybridized carbons (Fsp3) is 0.385. The lowest BCUT2D eigenvalue weighted by Crippen LogP contribution is -2.42. The molecule has 1 amide bonds. The monoisotopic (exact) mass is 264 g/mol. The second-order valence-electron chi connectivity index (χ2n) is 4.17. The van der Waals surface area contributed by atoms with Crippen molar-refractivity contribution in [3.8, 4) is 0 Å². The molecular formula is C13H16N2O2S. The smallest absolute Gasteiger partial charge is 0.257 e. The first kappa shape index (κ1) is 13.0. The molecule has 96 valence electrons. The predicted octanol–water partition coefficient (Wildman–Crippen LogP) is 1.47. The van der Waals surface area contributed by atoms with Crippen LogP contribution in [0.2, 0.25) is 0 Å². The number of thiocarbonyl (C=S) groups is 1. The molecule has 0 unspecified atom stereocenters. The lowest BCUT2D eigenvalue weighted by Gasteiger charge is -2.13. The number of carbonyl (C=O) groups excluding carboxylic acids is 1. The zero-order chi connectivity index (χ0) is 12.8. The topological polar surface area (TPSA) is 50.4 Å². The Balaban J connectivity index is 1.75. The third-order valence-corrected chi connectivity index (χ3v) is 3.02. The van der Waals surface area contributed by atoms with Gasteiger partial charge in [0.15, 0.2) is 5.11 Å². The lowest BCUT2D eigenvalue weighted by atomic mass is 10.2. The standard InChI is InChI=1S/C13H16N2O2S/c16-12(10-5-2-1-3-6-10)15-13(18)14-9-11-7-4-8-17-11/h1-3,5-6,11H,4,7-9H2,(H2,14,15,16,18)/t11-/m1/s1. The molecule has 1 saturated heterocycles. The summed E-state index contributed by atoms with van der Waals surface area (Å²) < 4.78 is 5.46. The zero-order valence-electron chi connectivity index (χ0n) is 10.0. The Morgan fingerprint density at radius 1 is 1.39 bits per heavy atom. The van der Waals surface area contributed by atoms with Crippen LogP contribution in [0.1, 0.15) is 23.2 Å². The first-order chi connectivity index (χ1) is 8.75. The number of hydrogen-bond acceptors (Lipinski definition) is 3. The van der Waals surface area contributed by atoms with Crippen LogP contribution < -0.4 is 10.6 Å². The maximum Gasteiger partial charge on any atom is 0.257 e. The van der Waals surface area contributed by atoms with Gasteiger partial charge >= 0.3 is 0 Å². The molecule has 1 heterocycles. The Hall–Kier alpha value is -1.46. The number of amides is 1. The van der Waals surface area contributed by atoms with E-state index in [9.17, 15) is 4.79 Å². The van der Waals surface area contributed by atoms with Crippen LogP contribution in [0, 0.1) is 0 Å². The van der Waals surface area contributed by atoms with Gasteiger partial charge in [0, 0.05) is 18.7 Å². The molecule has 2 N–H and O–H groups in total. The average molecular weight is 264 g/mol. The van der Waals surface area contributed by atoms with Crippen molar-refractivity contribution in [2.45, 2.75) is 18.9 Å². The second-order valence-corrected chi connectivity index (χ2v) is 4.57. The number of carbonyl (C=O) groups is 1. The van der Waals surface area contributed by atoms with Crippen LogP contribution in [0.15, 0.2) is 30.3 Å². The van der Waals surface area contributed by atoms with Gasteiger partial charge in [-0.3, -0.25) is 10.1 Å². The number of ether oxygens (including phenoxy) is 1. The first-order valence-electron chi connectivity index (χ1n) is 6.01. The minimum Gasteiger partial charge on any atom is -0.376 e. The number of rotatable bonds is 3. The molecule has 0 radical (unpaired) electrons. The predicted molar refractivity (Wildman–Crippen MR) is 73.5 cm³/mol. The second kappa shape index (κ2) is 6.47. The van der Waals surface area contributed by atoms with E-state index in [2.05, 4.69) is 10.6 Å². The number of nitrogens with one attached hydrogen (secondary N) is 2. The van der Waals surface area contributed by atoms with E-state index in [4.69, 9.17) is 17.0 Å². The molecule has 1 aliphatic rings. The molecule has 2 rings (SSSR count). The van der Waals surface area contributed by atoms with Crippen molar-refractivity contribution in [1.82, 2.24) is 10.6 Å². The van der Waals surface area contributed by atoms with Crippen molar-refractivity contribution in [3.05, 3.63) is 35.9 Å². The van der Waals surface area contributed by atoms with Crippen molar-refractivity contribution < 1.29 is 9.53 Å². The van der Waals surface area contributed by atoms with Crippen LogP contribution in [-0.4, -0.2) is 30.3 Å². The van der Waals surface area contributed by atoms with Crippen LogP contribution in [0.4, 0.5) is 0 Å². The maximum absolute atomic E-state index is 11.8. The summed E-state index contributed by atoms with van der Waals surface area (Å²) in [7, 11) is 0. The van der Waals surface area contributed by atoms with E-state index in [1.54, 1.807) is 12.1 Å². The number of benzene rings is 1. The van der Waals surface area contributed by atoms with Gasteiger partial charge in [0.2, 0.25) is 0 Å². The van der Waals surface area contributed by atoms with Gasteiger partial charge in [-0.15, -0.1) is 0 Å². The molecule has 1 fully saturated rings. The third-order valence-electron chi connectivity index (χ3n) is 2.78. The summed E-state index contributed by atoms with van der Waals surface area (Å²) >= 11 is 5.07. The van der Waals surface area contributed by atoms with Gasteiger partial charge in [0.25, 0.3) is 5.91 Å². The molecule has 0 aliphatic carbocycles. The van der Waals surface area contributed by atoms with Crippen LogP contribution in [0.25, 0.3) is 0 Å². The minimum atomic E-state index is -0.194. The average Bonchev–Trinajstić information content (AvgIpc) is 2.90. The Morgan fingerprint density at radius 3 is 2.83 bits per heavy atom. The molecule has 1 atom stereocenters. The van der Waals surface area contributed by atoms with E-state index in [-0.39, 0.29) is 12.0 Å². The molecule has 1 aliphatic heterocycles. The summed E-state index contributed by atoms with van der Waals surface area (Å²) in [5.41, 5.74) is 0.596. The highest BCUT2D eigenvalue weighted by molar-refractivity contribution is 7.80.